The van der Waals surface area contributed by atoms with Gasteiger partial charge in [-0.15, -0.1) is 0 Å². The van der Waals surface area contributed by atoms with Crippen molar-refractivity contribution >= 4 is 0 Å². The smallest absolute Gasteiger partial charge is 0.0541 e. The summed E-state index contributed by atoms with van der Waals surface area (Å²) in [6.07, 6.45) is 10.0. The first-order chi connectivity index (χ1) is 7.27. The van der Waals surface area contributed by atoms with E-state index in [0.29, 0.717) is 0 Å². The quantitative estimate of drug-likeness (QED) is 0.720. The average Bonchev–Trinajstić information content (AvgIpc) is 2.44. The molecule has 0 radical (unpaired) electrons. The van der Waals surface area contributed by atoms with Gasteiger partial charge >= 0.3 is 0 Å². The molecule has 0 aromatic carbocycles. The number of aliphatic hydroxyl groups excluding tert-OH is 1. The van der Waals surface area contributed by atoms with Gasteiger partial charge in [-0.25, -0.2) is 0 Å². The predicted molar refractivity (Wildman–Crippen MR) is 62.9 cm³/mol. The summed E-state index contributed by atoms with van der Waals surface area (Å²) in [7, 11) is 0. The monoisotopic (exact) mass is 211 g/mol. The van der Waals surface area contributed by atoms with Gasteiger partial charge < -0.3 is 5.11 Å². The van der Waals surface area contributed by atoms with Crippen LogP contribution in [-0.4, -0.2) is 34.7 Å². The molecule has 0 aromatic heterocycles. The largest absolute Gasteiger partial charge is 0.393 e. The summed E-state index contributed by atoms with van der Waals surface area (Å²) in [5.41, 5.74) is 0. The van der Waals surface area contributed by atoms with Crippen molar-refractivity contribution in [2.24, 2.45) is 0 Å². The van der Waals surface area contributed by atoms with Gasteiger partial charge in [0, 0.05) is 12.1 Å². The van der Waals surface area contributed by atoms with Crippen LogP contribution in [0.15, 0.2) is 0 Å². The van der Waals surface area contributed by atoms with Gasteiger partial charge in [0.05, 0.1) is 6.10 Å². The van der Waals surface area contributed by atoms with E-state index < -0.39 is 0 Å². The van der Waals surface area contributed by atoms with Crippen LogP contribution in [0.2, 0.25) is 0 Å². The van der Waals surface area contributed by atoms with Gasteiger partial charge in [0.1, 0.15) is 0 Å². The molecule has 2 aliphatic rings. The molecule has 1 N–H and O–H groups in total. The van der Waals surface area contributed by atoms with E-state index in [1.807, 2.05) is 0 Å². The highest BCUT2D eigenvalue weighted by Crippen LogP contribution is 2.27. The Kier molecular flexibility index (Phi) is 4.04. The van der Waals surface area contributed by atoms with E-state index in [-0.39, 0.29) is 6.10 Å². The Bertz CT molecular complexity index is 187. The number of rotatable bonds is 1. The molecule has 1 unspecified atom stereocenters. The Morgan fingerprint density at radius 1 is 0.933 bits per heavy atom. The average molecular weight is 211 g/mol. The SMILES string of the molecule is CC1CCCCCN1C1CCC(O)CC1. The summed E-state index contributed by atoms with van der Waals surface area (Å²) in [5.74, 6) is 0. The number of hydrogen-bond donors (Lipinski definition) is 1. The molecule has 15 heavy (non-hydrogen) atoms. The molecular formula is C13H25NO. The van der Waals surface area contributed by atoms with Gasteiger partial charge in [-0.2, -0.15) is 0 Å². The summed E-state index contributed by atoms with van der Waals surface area (Å²) in [6, 6.07) is 1.54. The van der Waals surface area contributed by atoms with Crippen LogP contribution >= 0.6 is 0 Å². The molecule has 2 nitrogen and oxygen atoms in total. The van der Waals surface area contributed by atoms with Crippen molar-refractivity contribution in [2.45, 2.75) is 76.5 Å². The molecule has 0 spiro atoms. The molecule has 1 saturated heterocycles. The Morgan fingerprint density at radius 2 is 1.67 bits per heavy atom. The number of likely N-dealkylation sites (tertiary alicyclic amines) is 1. The minimum absolute atomic E-state index is 0.0106. The van der Waals surface area contributed by atoms with E-state index in [1.54, 1.807) is 0 Å². The fourth-order valence-corrected chi connectivity index (χ4v) is 3.23. The summed E-state index contributed by atoms with van der Waals surface area (Å²) >= 11 is 0. The first kappa shape index (κ1) is 11.4. The Labute approximate surface area is 93.7 Å². The first-order valence-corrected chi connectivity index (χ1v) is 6.71. The second-order valence-corrected chi connectivity index (χ2v) is 5.40. The van der Waals surface area contributed by atoms with Crippen molar-refractivity contribution in [3.05, 3.63) is 0 Å². The second kappa shape index (κ2) is 5.31. The standard InChI is InChI=1S/C13H25NO/c1-11-5-3-2-4-10-14(11)12-6-8-13(15)9-7-12/h11-13,15H,2-10H2,1H3. The molecule has 1 saturated carbocycles. The van der Waals surface area contributed by atoms with Gasteiger partial charge in [-0.3, -0.25) is 4.90 Å². The van der Waals surface area contributed by atoms with Crippen LogP contribution in [0.3, 0.4) is 0 Å². The lowest BCUT2D eigenvalue weighted by atomic mass is 9.91. The summed E-state index contributed by atoms with van der Waals surface area (Å²) in [6.45, 7) is 3.68. The van der Waals surface area contributed by atoms with E-state index in [4.69, 9.17) is 0 Å². The number of aliphatic hydroxyl groups is 1. The zero-order valence-electron chi connectivity index (χ0n) is 9.99. The van der Waals surface area contributed by atoms with Crippen LogP contribution in [0.1, 0.15) is 58.3 Å². The maximum Gasteiger partial charge on any atom is 0.0541 e. The number of nitrogens with zero attached hydrogens (tertiary/aromatic N) is 1. The third kappa shape index (κ3) is 2.94. The van der Waals surface area contributed by atoms with Crippen molar-refractivity contribution in [3.8, 4) is 0 Å². The highest BCUT2D eigenvalue weighted by atomic mass is 16.3. The maximum atomic E-state index is 9.53. The molecule has 88 valence electrons. The highest BCUT2D eigenvalue weighted by Gasteiger charge is 2.28. The van der Waals surface area contributed by atoms with E-state index in [9.17, 15) is 5.11 Å². The molecule has 2 heteroatoms. The van der Waals surface area contributed by atoms with Gasteiger partial charge in [0.15, 0.2) is 0 Å². The molecule has 1 aliphatic heterocycles. The molecule has 2 fully saturated rings. The van der Waals surface area contributed by atoms with Crippen LogP contribution in [-0.2, 0) is 0 Å². The van der Waals surface area contributed by atoms with Crippen LogP contribution < -0.4 is 0 Å². The Morgan fingerprint density at radius 3 is 2.40 bits per heavy atom. The topological polar surface area (TPSA) is 23.5 Å². The van der Waals surface area contributed by atoms with E-state index in [2.05, 4.69) is 11.8 Å². The van der Waals surface area contributed by atoms with Gasteiger partial charge in [0.25, 0.3) is 0 Å². The fourth-order valence-electron chi connectivity index (χ4n) is 3.23. The van der Waals surface area contributed by atoms with Crippen LogP contribution in [0, 0.1) is 0 Å². The van der Waals surface area contributed by atoms with Gasteiger partial charge in [-0.05, 0) is 52.0 Å². The third-order valence-electron chi connectivity index (χ3n) is 4.24. The fraction of sp³-hybridized carbons (Fsp3) is 1.00. The molecule has 1 aliphatic carbocycles. The molecule has 2 rings (SSSR count). The van der Waals surface area contributed by atoms with Crippen molar-refractivity contribution in [1.82, 2.24) is 4.90 Å². The minimum atomic E-state index is -0.0106. The van der Waals surface area contributed by atoms with E-state index in [0.717, 1.165) is 24.9 Å². The van der Waals surface area contributed by atoms with E-state index in [1.165, 1.54) is 45.1 Å². The third-order valence-corrected chi connectivity index (χ3v) is 4.24. The zero-order chi connectivity index (χ0) is 10.7. The molecule has 1 heterocycles. The predicted octanol–water partition coefficient (Wildman–Crippen LogP) is 2.55. The zero-order valence-corrected chi connectivity index (χ0v) is 9.99. The van der Waals surface area contributed by atoms with E-state index >= 15 is 0 Å². The maximum absolute atomic E-state index is 9.53. The molecule has 1 atom stereocenters. The first-order valence-electron chi connectivity index (χ1n) is 6.71. The summed E-state index contributed by atoms with van der Waals surface area (Å²) in [4.78, 5) is 2.72. The molecular weight excluding hydrogens is 186 g/mol. The Hall–Kier alpha value is -0.0800. The van der Waals surface area contributed by atoms with Crippen molar-refractivity contribution in [1.29, 1.82) is 0 Å². The van der Waals surface area contributed by atoms with Crippen molar-refractivity contribution in [3.63, 3.8) is 0 Å². The van der Waals surface area contributed by atoms with Crippen molar-refractivity contribution in [2.75, 3.05) is 6.54 Å². The summed E-state index contributed by atoms with van der Waals surface area (Å²) < 4.78 is 0. The van der Waals surface area contributed by atoms with Crippen LogP contribution in [0.25, 0.3) is 0 Å². The lowest BCUT2D eigenvalue weighted by Crippen LogP contribution is -2.44. The highest BCUT2D eigenvalue weighted by molar-refractivity contribution is 4.83. The van der Waals surface area contributed by atoms with Crippen molar-refractivity contribution < 1.29 is 5.11 Å². The van der Waals surface area contributed by atoms with Gasteiger partial charge in [0.2, 0.25) is 0 Å². The van der Waals surface area contributed by atoms with Crippen LogP contribution in [0.5, 0.6) is 0 Å². The van der Waals surface area contributed by atoms with Crippen LogP contribution in [0.4, 0.5) is 0 Å². The van der Waals surface area contributed by atoms with Gasteiger partial charge in [-0.1, -0.05) is 12.8 Å². The lowest BCUT2D eigenvalue weighted by molar-refractivity contribution is 0.0572. The minimum Gasteiger partial charge on any atom is -0.393 e. The summed E-state index contributed by atoms with van der Waals surface area (Å²) in [5, 5.41) is 9.53. The molecule has 0 bridgehead atoms. The molecule has 0 aromatic rings. The number of hydrogen-bond acceptors (Lipinski definition) is 2. The molecule has 0 amide bonds. The second-order valence-electron chi connectivity index (χ2n) is 5.40. The normalized spacial score (nSPS) is 40.0. The lowest BCUT2D eigenvalue weighted by Gasteiger charge is -2.38. The Balaban J connectivity index is 1.89.